The van der Waals surface area contributed by atoms with Gasteiger partial charge in [0.15, 0.2) is 11.6 Å². The molecule has 2 aromatic rings. The van der Waals surface area contributed by atoms with Crippen LogP contribution in [0.1, 0.15) is 52.8 Å². The van der Waals surface area contributed by atoms with Gasteiger partial charge in [-0.25, -0.2) is 8.78 Å². The normalized spacial score (nSPS) is 18.7. The molecule has 2 aromatic carbocycles. The summed E-state index contributed by atoms with van der Waals surface area (Å²) >= 11 is 0. The zero-order valence-electron chi connectivity index (χ0n) is 22.1. The zero-order valence-corrected chi connectivity index (χ0v) is 22.1. The van der Waals surface area contributed by atoms with Crippen molar-refractivity contribution in [2.45, 2.75) is 32.1 Å². The van der Waals surface area contributed by atoms with E-state index in [1.54, 1.807) is 17.0 Å². The van der Waals surface area contributed by atoms with Crippen LogP contribution in [0.3, 0.4) is 0 Å². The summed E-state index contributed by atoms with van der Waals surface area (Å²) in [6.07, 6.45) is 4.66. The van der Waals surface area contributed by atoms with Crippen LogP contribution < -0.4 is 15.5 Å². The molecule has 2 heterocycles. The lowest BCUT2D eigenvalue weighted by Crippen LogP contribution is -2.41. The summed E-state index contributed by atoms with van der Waals surface area (Å²) in [5.74, 6) is -2.50. The molecule has 208 valence electrons. The highest BCUT2D eigenvalue weighted by Crippen LogP contribution is 2.31. The summed E-state index contributed by atoms with van der Waals surface area (Å²) in [6.45, 7) is 5.32. The number of amides is 3. The van der Waals surface area contributed by atoms with E-state index in [0.29, 0.717) is 57.1 Å². The van der Waals surface area contributed by atoms with Crippen LogP contribution in [0, 0.1) is 17.6 Å². The van der Waals surface area contributed by atoms with Crippen LogP contribution in [0.2, 0.25) is 0 Å². The van der Waals surface area contributed by atoms with Crippen LogP contribution in [-0.2, 0) is 4.79 Å². The van der Waals surface area contributed by atoms with E-state index in [9.17, 15) is 23.2 Å². The number of halogens is 2. The van der Waals surface area contributed by atoms with Gasteiger partial charge in [0.25, 0.3) is 11.8 Å². The molecule has 0 spiro atoms. The van der Waals surface area contributed by atoms with E-state index < -0.39 is 17.5 Å². The lowest BCUT2D eigenvalue weighted by molar-refractivity contribution is -0.137. The average Bonchev–Trinajstić information content (AvgIpc) is 3.32. The molecule has 0 unspecified atom stereocenters. The molecule has 0 aromatic heterocycles. The molecule has 3 aliphatic rings. The molecule has 2 N–H and O–H groups in total. The van der Waals surface area contributed by atoms with E-state index in [4.69, 9.17) is 0 Å². The summed E-state index contributed by atoms with van der Waals surface area (Å²) in [7, 11) is 0. The maximum Gasteiger partial charge on any atom is 0.255 e. The molecule has 0 bridgehead atoms. The average molecular weight is 540 g/mol. The maximum atomic E-state index is 13.8. The van der Waals surface area contributed by atoms with Crippen molar-refractivity contribution in [3.63, 3.8) is 0 Å². The third kappa shape index (κ3) is 6.21. The molecule has 10 heteroatoms. The lowest BCUT2D eigenvalue weighted by Gasteiger charge is -2.31. The Morgan fingerprint density at radius 3 is 2.33 bits per heavy atom. The number of benzene rings is 2. The summed E-state index contributed by atoms with van der Waals surface area (Å²) in [5, 5.41) is 6.13. The second-order valence-electron chi connectivity index (χ2n) is 10.5. The number of carbonyl (C=O) groups is 3. The Bertz CT molecular complexity index is 1230. The first-order valence-electron chi connectivity index (χ1n) is 13.8. The van der Waals surface area contributed by atoms with E-state index in [-0.39, 0.29) is 23.3 Å². The van der Waals surface area contributed by atoms with Gasteiger partial charge in [-0.3, -0.25) is 14.4 Å². The van der Waals surface area contributed by atoms with Crippen molar-refractivity contribution >= 4 is 29.1 Å². The van der Waals surface area contributed by atoms with Crippen molar-refractivity contribution in [2.24, 2.45) is 5.92 Å². The molecule has 0 radical (unpaired) electrons. The van der Waals surface area contributed by atoms with Crippen molar-refractivity contribution in [1.29, 1.82) is 0 Å². The predicted octanol–water partition coefficient (Wildman–Crippen LogP) is 3.49. The molecular formula is C29H35F2N5O3. The van der Waals surface area contributed by atoms with Crippen molar-refractivity contribution in [1.82, 2.24) is 15.1 Å². The quantitative estimate of drug-likeness (QED) is 0.608. The highest BCUT2D eigenvalue weighted by Gasteiger charge is 2.31. The molecule has 2 aliphatic heterocycles. The van der Waals surface area contributed by atoms with Gasteiger partial charge in [0, 0.05) is 62.9 Å². The van der Waals surface area contributed by atoms with Crippen LogP contribution in [0.4, 0.5) is 20.2 Å². The minimum Gasteiger partial charge on any atom is -0.368 e. The van der Waals surface area contributed by atoms with Crippen LogP contribution in [0.15, 0.2) is 36.4 Å². The molecular weight excluding hydrogens is 504 g/mol. The molecule has 0 atom stereocenters. The fraction of sp³-hybridized carbons (Fsp3) is 0.483. The fourth-order valence-corrected chi connectivity index (χ4v) is 5.40. The van der Waals surface area contributed by atoms with Gasteiger partial charge in [-0.05, 0) is 68.6 Å². The van der Waals surface area contributed by atoms with E-state index in [0.717, 1.165) is 56.5 Å². The van der Waals surface area contributed by atoms with Gasteiger partial charge in [-0.1, -0.05) is 6.42 Å². The fourth-order valence-electron chi connectivity index (χ4n) is 5.40. The molecule has 5 rings (SSSR count). The van der Waals surface area contributed by atoms with Crippen molar-refractivity contribution < 1.29 is 23.2 Å². The minimum absolute atomic E-state index is 0.0247. The number of hydrogen-bond donors (Lipinski definition) is 2. The zero-order chi connectivity index (χ0) is 27.4. The van der Waals surface area contributed by atoms with Gasteiger partial charge >= 0.3 is 0 Å². The summed E-state index contributed by atoms with van der Waals surface area (Å²) in [6, 6.07) is 8.26. The van der Waals surface area contributed by atoms with Crippen LogP contribution >= 0.6 is 0 Å². The first-order chi connectivity index (χ1) is 18.9. The van der Waals surface area contributed by atoms with Gasteiger partial charge in [-0.15, -0.1) is 0 Å². The lowest BCUT2D eigenvalue weighted by atomic mass is 9.84. The summed E-state index contributed by atoms with van der Waals surface area (Å²) in [4.78, 5) is 45.1. The number of rotatable bonds is 5. The second kappa shape index (κ2) is 12.1. The Balaban J connectivity index is 1.40. The first kappa shape index (κ1) is 27.1. The molecule has 2 saturated heterocycles. The Morgan fingerprint density at radius 2 is 1.56 bits per heavy atom. The largest absolute Gasteiger partial charge is 0.368 e. The highest BCUT2D eigenvalue weighted by molar-refractivity contribution is 6.07. The van der Waals surface area contributed by atoms with Crippen molar-refractivity contribution in [3.05, 3.63) is 59.2 Å². The summed E-state index contributed by atoms with van der Waals surface area (Å²) < 4.78 is 27.3. The molecule has 1 saturated carbocycles. The number of anilines is 2. The van der Waals surface area contributed by atoms with Crippen LogP contribution in [-0.4, -0.2) is 79.9 Å². The highest BCUT2D eigenvalue weighted by atomic mass is 19.2. The number of hydrogen-bond acceptors (Lipinski definition) is 5. The van der Waals surface area contributed by atoms with Crippen LogP contribution in [0.25, 0.3) is 0 Å². The van der Waals surface area contributed by atoms with Gasteiger partial charge in [-0.2, -0.15) is 0 Å². The van der Waals surface area contributed by atoms with E-state index in [2.05, 4.69) is 15.5 Å². The Labute approximate surface area is 227 Å². The van der Waals surface area contributed by atoms with E-state index >= 15 is 0 Å². The van der Waals surface area contributed by atoms with E-state index in [1.165, 1.54) is 6.07 Å². The van der Waals surface area contributed by atoms with E-state index in [1.807, 2.05) is 11.0 Å². The standard InChI is InChI=1S/C29H35F2N5O3/c30-23-8-6-21(18-24(23)31)27(37)33-25-19-22(29(39)35-12-2-10-32-11-15-35)7-9-26(25)34-13-3-14-36(17-16-34)28(38)20-4-1-5-20/h6-9,18-20,32H,1-5,10-17H2,(H,33,37). The van der Waals surface area contributed by atoms with Crippen LogP contribution in [0.5, 0.6) is 0 Å². The van der Waals surface area contributed by atoms with Gasteiger partial charge in [0.1, 0.15) is 0 Å². The monoisotopic (exact) mass is 539 g/mol. The Morgan fingerprint density at radius 1 is 0.769 bits per heavy atom. The maximum absolute atomic E-state index is 13.8. The second-order valence-corrected chi connectivity index (χ2v) is 10.5. The molecule has 3 fully saturated rings. The third-order valence-electron chi connectivity index (χ3n) is 7.90. The molecule has 8 nitrogen and oxygen atoms in total. The third-order valence-corrected chi connectivity index (χ3v) is 7.90. The number of nitrogens with one attached hydrogen (secondary N) is 2. The smallest absolute Gasteiger partial charge is 0.255 e. The Kier molecular flexibility index (Phi) is 8.40. The molecule has 1 aliphatic carbocycles. The van der Waals surface area contributed by atoms with Gasteiger partial charge < -0.3 is 25.3 Å². The number of nitrogens with zero attached hydrogens (tertiary/aromatic N) is 3. The van der Waals surface area contributed by atoms with Crippen molar-refractivity contribution in [2.75, 3.05) is 62.6 Å². The SMILES string of the molecule is O=C(Nc1cc(C(=O)N2CCCNCC2)ccc1N1CCCN(C(=O)C2CCC2)CC1)c1ccc(F)c(F)c1. The van der Waals surface area contributed by atoms with Crippen molar-refractivity contribution in [3.8, 4) is 0 Å². The topological polar surface area (TPSA) is 85.0 Å². The summed E-state index contributed by atoms with van der Waals surface area (Å²) in [5.41, 5.74) is 1.56. The first-order valence-corrected chi connectivity index (χ1v) is 13.8. The van der Waals surface area contributed by atoms with Gasteiger partial charge in [0.05, 0.1) is 11.4 Å². The number of carbonyl (C=O) groups excluding carboxylic acids is 3. The molecule has 39 heavy (non-hydrogen) atoms. The minimum atomic E-state index is -1.11. The molecule has 3 amide bonds. The Hall–Kier alpha value is -3.53. The predicted molar refractivity (Wildman–Crippen MR) is 145 cm³/mol. The van der Waals surface area contributed by atoms with Gasteiger partial charge in [0.2, 0.25) is 5.91 Å².